The molecule has 0 unspecified atom stereocenters. The maximum Gasteiger partial charge on any atom is 0.165 e. The van der Waals surface area contributed by atoms with Gasteiger partial charge < -0.3 is 10.5 Å². The van der Waals surface area contributed by atoms with Crippen molar-refractivity contribution in [2.45, 2.75) is 20.3 Å². The van der Waals surface area contributed by atoms with Crippen molar-refractivity contribution < 1.29 is 4.74 Å². The Kier molecular flexibility index (Phi) is 4.04. The van der Waals surface area contributed by atoms with Gasteiger partial charge in [-0.05, 0) is 47.0 Å². The number of aryl methyl sites for hydroxylation is 2. The molecule has 0 aliphatic carbocycles. The standard InChI is InChI=1S/C14H16BrN3O/c1-4-10-12(15)13(16)18-14(17-10)9-6-5-8(2)7-11(9)19-3/h5-7H,4H2,1-3H3,(H2,16,17,18). The van der Waals surface area contributed by atoms with Gasteiger partial charge in [-0.1, -0.05) is 13.0 Å². The molecule has 0 fully saturated rings. The number of aromatic nitrogens is 2. The van der Waals surface area contributed by atoms with Crippen molar-refractivity contribution in [2.24, 2.45) is 0 Å². The van der Waals surface area contributed by atoms with E-state index in [4.69, 9.17) is 10.5 Å². The van der Waals surface area contributed by atoms with Crippen LogP contribution in [-0.4, -0.2) is 17.1 Å². The number of nitrogens with two attached hydrogens (primary N) is 1. The molecule has 0 saturated heterocycles. The molecule has 19 heavy (non-hydrogen) atoms. The highest BCUT2D eigenvalue weighted by atomic mass is 79.9. The smallest absolute Gasteiger partial charge is 0.165 e. The molecule has 0 radical (unpaired) electrons. The van der Waals surface area contributed by atoms with Gasteiger partial charge in [-0.15, -0.1) is 0 Å². The highest BCUT2D eigenvalue weighted by Gasteiger charge is 2.13. The Bertz CT molecular complexity index is 614. The summed E-state index contributed by atoms with van der Waals surface area (Å²) in [6, 6.07) is 5.92. The predicted molar refractivity (Wildman–Crippen MR) is 80.2 cm³/mol. The molecule has 1 aromatic carbocycles. The van der Waals surface area contributed by atoms with Crippen molar-refractivity contribution >= 4 is 21.7 Å². The summed E-state index contributed by atoms with van der Waals surface area (Å²) in [5.74, 6) is 1.79. The van der Waals surface area contributed by atoms with Crippen LogP contribution in [0.5, 0.6) is 5.75 Å². The van der Waals surface area contributed by atoms with Gasteiger partial charge in [0, 0.05) is 0 Å². The van der Waals surface area contributed by atoms with Gasteiger partial charge in [-0.25, -0.2) is 9.97 Å². The molecule has 4 nitrogen and oxygen atoms in total. The second kappa shape index (κ2) is 5.57. The average molecular weight is 322 g/mol. The number of nitrogens with zero attached hydrogens (tertiary/aromatic N) is 2. The van der Waals surface area contributed by atoms with Gasteiger partial charge in [0.15, 0.2) is 5.82 Å². The van der Waals surface area contributed by atoms with Gasteiger partial charge >= 0.3 is 0 Å². The van der Waals surface area contributed by atoms with E-state index in [2.05, 4.69) is 25.9 Å². The highest BCUT2D eigenvalue weighted by molar-refractivity contribution is 9.10. The lowest BCUT2D eigenvalue weighted by molar-refractivity contribution is 0.416. The quantitative estimate of drug-likeness (QED) is 0.941. The molecule has 0 spiro atoms. The van der Waals surface area contributed by atoms with Crippen LogP contribution < -0.4 is 10.5 Å². The number of halogens is 1. The van der Waals surface area contributed by atoms with E-state index in [1.165, 1.54) is 0 Å². The van der Waals surface area contributed by atoms with Gasteiger partial charge in [0.05, 0.1) is 22.8 Å². The average Bonchev–Trinajstić information content (AvgIpc) is 2.41. The Hall–Kier alpha value is -1.62. The molecule has 0 aliphatic heterocycles. The van der Waals surface area contributed by atoms with Gasteiger partial charge in [0.25, 0.3) is 0 Å². The van der Waals surface area contributed by atoms with Crippen LogP contribution in [0.4, 0.5) is 5.82 Å². The lowest BCUT2D eigenvalue weighted by Crippen LogP contribution is -2.03. The summed E-state index contributed by atoms with van der Waals surface area (Å²) >= 11 is 3.41. The Morgan fingerprint density at radius 2 is 2.05 bits per heavy atom. The maximum absolute atomic E-state index is 5.92. The molecule has 0 amide bonds. The summed E-state index contributed by atoms with van der Waals surface area (Å²) in [4.78, 5) is 8.87. The molecule has 0 saturated carbocycles. The van der Waals surface area contributed by atoms with E-state index in [9.17, 15) is 0 Å². The lowest BCUT2D eigenvalue weighted by atomic mass is 10.1. The van der Waals surface area contributed by atoms with E-state index < -0.39 is 0 Å². The third-order valence-corrected chi connectivity index (χ3v) is 3.74. The number of methoxy groups -OCH3 is 1. The summed E-state index contributed by atoms with van der Waals surface area (Å²) in [5.41, 5.74) is 8.79. The van der Waals surface area contributed by atoms with Crippen molar-refractivity contribution in [1.82, 2.24) is 9.97 Å². The minimum absolute atomic E-state index is 0.449. The third-order valence-electron chi connectivity index (χ3n) is 2.88. The Morgan fingerprint density at radius 3 is 2.68 bits per heavy atom. The highest BCUT2D eigenvalue weighted by Crippen LogP contribution is 2.31. The van der Waals surface area contributed by atoms with Crippen LogP contribution in [0.25, 0.3) is 11.4 Å². The normalized spacial score (nSPS) is 10.5. The Morgan fingerprint density at radius 1 is 1.32 bits per heavy atom. The minimum Gasteiger partial charge on any atom is -0.496 e. The summed E-state index contributed by atoms with van der Waals surface area (Å²) in [7, 11) is 1.64. The maximum atomic E-state index is 5.92. The zero-order valence-electron chi connectivity index (χ0n) is 11.2. The second-order valence-corrected chi connectivity index (χ2v) is 5.04. The first-order valence-corrected chi connectivity index (χ1v) is 6.83. The SMILES string of the molecule is CCc1nc(-c2ccc(C)cc2OC)nc(N)c1Br. The molecule has 0 atom stereocenters. The molecule has 0 aliphatic rings. The van der Waals surface area contributed by atoms with Crippen LogP contribution in [0.2, 0.25) is 0 Å². The van der Waals surface area contributed by atoms with Crippen molar-refractivity contribution in [3.05, 3.63) is 33.9 Å². The molecule has 2 aromatic rings. The second-order valence-electron chi connectivity index (χ2n) is 4.25. The lowest BCUT2D eigenvalue weighted by Gasteiger charge is -2.11. The van der Waals surface area contributed by atoms with Crippen molar-refractivity contribution in [2.75, 3.05) is 12.8 Å². The number of anilines is 1. The summed E-state index contributed by atoms with van der Waals surface area (Å²) in [6.07, 6.45) is 0.786. The van der Waals surface area contributed by atoms with Crippen LogP contribution in [0.15, 0.2) is 22.7 Å². The number of hydrogen-bond acceptors (Lipinski definition) is 4. The minimum atomic E-state index is 0.449. The Balaban J connectivity index is 2.62. The van der Waals surface area contributed by atoms with E-state index in [1.54, 1.807) is 7.11 Å². The van der Waals surface area contributed by atoms with E-state index in [0.29, 0.717) is 11.6 Å². The monoisotopic (exact) mass is 321 g/mol. The number of nitrogen functional groups attached to an aromatic ring is 1. The summed E-state index contributed by atoms with van der Waals surface area (Å²) < 4.78 is 6.16. The van der Waals surface area contributed by atoms with Crippen molar-refractivity contribution in [3.8, 4) is 17.1 Å². The third kappa shape index (κ3) is 2.71. The molecule has 2 rings (SSSR count). The first-order chi connectivity index (χ1) is 9.06. The fourth-order valence-electron chi connectivity index (χ4n) is 1.85. The van der Waals surface area contributed by atoms with E-state index in [1.807, 2.05) is 32.0 Å². The van der Waals surface area contributed by atoms with Crippen LogP contribution in [0.3, 0.4) is 0 Å². The van der Waals surface area contributed by atoms with E-state index in [0.717, 1.165) is 33.5 Å². The zero-order valence-corrected chi connectivity index (χ0v) is 12.8. The molecule has 5 heteroatoms. The van der Waals surface area contributed by atoms with E-state index >= 15 is 0 Å². The molecular formula is C14H16BrN3O. The first kappa shape index (κ1) is 13.8. The number of ether oxygens (including phenoxy) is 1. The van der Waals surface area contributed by atoms with Gasteiger partial charge in [0.2, 0.25) is 0 Å². The predicted octanol–water partition coefficient (Wildman–Crippen LogP) is 3.37. The van der Waals surface area contributed by atoms with Gasteiger partial charge in [0.1, 0.15) is 11.6 Å². The molecule has 2 N–H and O–H groups in total. The number of rotatable bonds is 3. The fraction of sp³-hybridized carbons (Fsp3) is 0.286. The van der Waals surface area contributed by atoms with Crippen LogP contribution >= 0.6 is 15.9 Å². The fourth-order valence-corrected chi connectivity index (χ4v) is 2.31. The molecule has 1 heterocycles. The van der Waals surface area contributed by atoms with Gasteiger partial charge in [-0.2, -0.15) is 0 Å². The molecular weight excluding hydrogens is 306 g/mol. The van der Waals surface area contributed by atoms with Crippen LogP contribution in [-0.2, 0) is 6.42 Å². The van der Waals surface area contributed by atoms with Crippen LogP contribution in [0, 0.1) is 6.92 Å². The zero-order chi connectivity index (χ0) is 14.0. The topological polar surface area (TPSA) is 61.0 Å². The summed E-state index contributed by atoms with van der Waals surface area (Å²) in [5, 5.41) is 0. The van der Waals surface area contributed by atoms with Gasteiger partial charge in [-0.3, -0.25) is 0 Å². The number of hydrogen-bond donors (Lipinski definition) is 1. The Labute approximate surface area is 121 Å². The first-order valence-electron chi connectivity index (χ1n) is 6.03. The van der Waals surface area contributed by atoms with E-state index in [-0.39, 0.29) is 0 Å². The summed E-state index contributed by atoms with van der Waals surface area (Å²) in [6.45, 7) is 4.04. The van der Waals surface area contributed by atoms with Crippen molar-refractivity contribution in [1.29, 1.82) is 0 Å². The molecule has 100 valence electrons. The van der Waals surface area contributed by atoms with Crippen LogP contribution in [0.1, 0.15) is 18.2 Å². The van der Waals surface area contributed by atoms with Crippen molar-refractivity contribution in [3.63, 3.8) is 0 Å². The largest absolute Gasteiger partial charge is 0.496 e. The molecule has 0 bridgehead atoms. The number of benzene rings is 1. The molecule has 1 aromatic heterocycles.